The normalized spacial score (nSPS) is 20.8. The molecule has 1 aliphatic rings. The van der Waals surface area contributed by atoms with Gasteiger partial charge in [-0.1, -0.05) is 0 Å². The Morgan fingerprint density at radius 1 is 1.43 bits per heavy atom. The molecule has 1 aromatic carbocycles. The molecule has 1 fully saturated rings. The van der Waals surface area contributed by atoms with Gasteiger partial charge in [-0.3, -0.25) is 4.79 Å². The average molecular weight is 318 g/mol. The molecule has 0 radical (unpaired) electrons. The Bertz CT molecular complexity index is 499. The number of benzene rings is 1. The summed E-state index contributed by atoms with van der Waals surface area (Å²) in [7, 11) is 5.24. The van der Waals surface area contributed by atoms with E-state index in [1.54, 1.807) is 18.1 Å². The van der Waals surface area contributed by atoms with Crippen LogP contribution in [0.4, 0.5) is 10.1 Å². The lowest BCUT2D eigenvalue weighted by molar-refractivity contribution is 0.0777. The summed E-state index contributed by atoms with van der Waals surface area (Å²) in [5, 5.41) is 5.93. The van der Waals surface area contributed by atoms with Gasteiger partial charge in [0.25, 0.3) is 5.91 Å². The Balaban J connectivity index is 0.00000220. The SMILES string of the molecule is CO[C@H]1CNCC1NC(=O)c1ccc(N(C)C)cc1F.Cl. The van der Waals surface area contributed by atoms with Crippen LogP contribution >= 0.6 is 12.4 Å². The molecule has 1 unspecified atom stereocenters. The van der Waals surface area contributed by atoms with Crippen molar-refractivity contribution in [2.45, 2.75) is 12.1 Å². The first-order valence-electron chi connectivity index (χ1n) is 6.54. The predicted molar refractivity (Wildman–Crippen MR) is 82.9 cm³/mol. The van der Waals surface area contributed by atoms with Gasteiger partial charge in [0.1, 0.15) is 5.82 Å². The molecule has 5 nitrogen and oxygen atoms in total. The van der Waals surface area contributed by atoms with Crippen LogP contribution in [0.25, 0.3) is 0 Å². The van der Waals surface area contributed by atoms with E-state index in [1.807, 2.05) is 14.1 Å². The predicted octanol–water partition coefficient (Wildman–Crippen LogP) is 1.03. The minimum Gasteiger partial charge on any atom is -0.378 e. The van der Waals surface area contributed by atoms with E-state index < -0.39 is 11.7 Å². The molecule has 1 saturated heterocycles. The summed E-state index contributed by atoms with van der Waals surface area (Å²) in [5.74, 6) is -0.933. The molecule has 0 bridgehead atoms. The number of carbonyl (C=O) groups is 1. The maximum atomic E-state index is 14.0. The second-order valence-electron chi connectivity index (χ2n) is 5.07. The van der Waals surface area contributed by atoms with Crippen molar-refractivity contribution in [3.05, 3.63) is 29.6 Å². The lowest BCUT2D eigenvalue weighted by atomic mass is 10.1. The van der Waals surface area contributed by atoms with Crippen LogP contribution in [-0.2, 0) is 4.74 Å². The molecule has 1 amide bonds. The van der Waals surface area contributed by atoms with Gasteiger partial charge in [0.15, 0.2) is 0 Å². The topological polar surface area (TPSA) is 53.6 Å². The van der Waals surface area contributed by atoms with Crippen LogP contribution in [0, 0.1) is 5.82 Å². The molecule has 21 heavy (non-hydrogen) atoms. The molecule has 2 atom stereocenters. The maximum Gasteiger partial charge on any atom is 0.254 e. The van der Waals surface area contributed by atoms with E-state index in [1.165, 1.54) is 12.1 Å². The van der Waals surface area contributed by atoms with Crippen molar-refractivity contribution in [2.75, 3.05) is 39.2 Å². The Kier molecular flexibility index (Phi) is 6.39. The molecular weight excluding hydrogens is 297 g/mol. The van der Waals surface area contributed by atoms with Crippen molar-refractivity contribution in [3.63, 3.8) is 0 Å². The minimum absolute atomic E-state index is 0. The monoisotopic (exact) mass is 317 g/mol. The second kappa shape index (κ2) is 7.59. The number of hydrogen-bond acceptors (Lipinski definition) is 4. The van der Waals surface area contributed by atoms with Crippen molar-refractivity contribution in [1.29, 1.82) is 0 Å². The lowest BCUT2D eigenvalue weighted by Crippen LogP contribution is -2.43. The van der Waals surface area contributed by atoms with Gasteiger partial charge in [0.05, 0.1) is 17.7 Å². The number of halogens is 2. The fourth-order valence-corrected chi connectivity index (χ4v) is 2.26. The standard InChI is InChI=1S/C14H20FN3O2.ClH/c1-18(2)9-4-5-10(11(15)6-9)14(19)17-12-7-16-8-13(12)20-3;/h4-6,12-13,16H,7-8H2,1-3H3,(H,17,19);1H/t12?,13-;/m0./s1. The molecule has 2 rings (SSSR count). The van der Waals surface area contributed by atoms with Crippen molar-refractivity contribution in [1.82, 2.24) is 10.6 Å². The van der Waals surface area contributed by atoms with Gasteiger partial charge in [-0.25, -0.2) is 4.39 Å². The van der Waals surface area contributed by atoms with E-state index in [2.05, 4.69) is 10.6 Å². The quantitative estimate of drug-likeness (QED) is 0.871. The number of ether oxygens (including phenoxy) is 1. The number of amides is 1. The molecule has 1 heterocycles. The van der Waals surface area contributed by atoms with Crippen LogP contribution in [-0.4, -0.2) is 52.3 Å². The number of nitrogens with one attached hydrogen (secondary N) is 2. The fraction of sp³-hybridized carbons (Fsp3) is 0.500. The number of methoxy groups -OCH3 is 1. The Hall–Kier alpha value is -1.37. The average Bonchev–Trinajstić information content (AvgIpc) is 2.85. The molecule has 7 heteroatoms. The summed E-state index contributed by atoms with van der Waals surface area (Å²) in [5.41, 5.74) is 0.772. The number of nitrogens with zero attached hydrogens (tertiary/aromatic N) is 1. The van der Waals surface area contributed by atoms with Crippen LogP contribution in [0.5, 0.6) is 0 Å². The van der Waals surface area contributed by atoms with Gasteiger partial charge in [-0.05, 0) is 18.2 Å². The van der Waals surface area contributed by atoms with E-state index in [0.29, 0.717) is 13.1 Å². The summed E-state index contributed by atoms with van der Waals surface area (Å²) >= 11 is 0. The number of anilines is 1. The minimum atomic E-state index is -0.520. The van der Waals surface area contributed by atoms with Gasteiger partial charge >= 0.3 is 0 Å². The van der Waals surface area contributed by atoms with Crippen LogP contribution < -0.4 is 15.5 Å². The van der Waals surface area contributed by atoms with Crippen molar-refractivity contribution >= 4 is 24.0 Å². The second-order valence-corrected chi connectivity index (χ2v) is 5.07. The highest BCUT2D eigenvalue weighted by molar-refractivity contribution is 5.95. The highest BCUT2D eigenvalue weighted by Crippen LogP contribution is 2.17. The third-order valence-corrected chi connectivity index (χ3v) is 3.49. The summed E-state index contributed by atoms with van der Waals surface area (Å²) < 4.78 is 19.2. The van der Waals surface area contributed by atoms with Gasteiger partial charge in [-0.2, -0.15) is 0 Å². The first kappa shape index (κ1) is 17.7. The zero-order valence-electron chi connectivity index (χ0n) is 12.4. The van der Waals surface area contributed by atoms with E-state index in [0.717, 1.165) is 5.69 Å². The Morgan fingerprint density at radius 3 is 2.71 bits per heavy atom. The van der Waals surface area contributed by atoms with Gasteiger partial charge < -0.3 is 20.3 Å². The summed E-state index contributed by atoms with van der Waals surface area (Å²) in [6, 6.07) is 4.44. The van der Waals surface area contributed by atoms with E-state index >= 15 is 0 Å². The summed E-state index contributed by atoms with van der Waals surface area (Å²) in [6.07, 6.45) is -0.0805. The molecule has 1 aliphatic heterocycles. The number of rotatable bonds is 4. The lowest BCUT2D eigenvalue weighted by Gasteiger charge is -2.19. The van der Waals surface area contributed by atoms with Gasteiger partial charge in [0.2, 0.25) is 0 Å². The smallest absolute Gasteiger partial charge is 0.254 e. The van der Waals surface area contributed by atoms with Gasteiger partial charge in [0, 0.05) is 40.0 Å². The van der Waals surface area contributed by atoms with E-state index in [4.69, 9.17) is 4.74 Å². The molecule has 118 valence electrons. The fourth-order valence-electron chi connectivity index (χ4n) is 2.26. The zero-order valence-corrected chi connectivity index (χ0v) is 13.2. The zero-order chi connectivity index (χ0) is 14.7. The van der Waals surface area contributed by atoms with Crippen LogP contribution in [0.3, 0.4) is 0 Å². The molecule has 1 aromatic rings. The molecule has 0 saturated carbocycles. The molecule has 0 spiro atoms. The highest BCUT2D eigenvalue weighted by atomic mass is 35.5. The Labute approximate surface area is 130 Å². The first-order chi connectivity index (χ1) is 9.52. The van der Waals surface area contributed by atoms with E-state index in [9.17, 15) is 9.18 Å². The number of carbonyl (C=O) groups excluding carboxylic acids is 1. The summed E-state index contributed by atoms with van der Waals surface area (Å²) in [6.45, 7) is 1.31. The van der Waals surface area contributed by atoms with Crippen molar-refractivity contribution in [2.24, 2.45) is 0 Å². The van der Waals surface area contributed by atoms with Crippen molar-refractivity contribution < 1.29 is 13.9 Å². The molecule has 0 aromatic heterocycles. The van der Waals surface area contributed by atoms with Gasteiger partial charge in [-0.15, -0.1) is 12.4 Å². The molecule has 0 aliphatic carbocycles. The van der Waals surface area contributed by atoms with Crippen LogP contribution in [0.2, 0.25) is 0 Å². The van der Waals surface area contributed by atoms with E-state index in [-0.39, 0.29) is 30.1 Å². The molecular formula is C14H21ClFN3O2. The third kappa shape index (κ3) is 4.06. The Morgan fingerprint density at radius 2 is 2.14 bits per heavy atom. The highest BCUT2D eigenvalue weighted by Gasteiger charge is 2.29. The van der Waals surface area contributed by atoms with Crippen molar-refractivity contribution in [3.8, 4) is 0 Å². The number of hydrogen-bond donors (Lipinski definition) is 2. The molecule has 2 N–H and O–H groups in total. The van der Waals surface area contributed by atoms with Crippen LogP contribution in [0.15, 0.2) is 18.2 Å². The van der Waals surface area contributed by atoms with Crippen LogP contribution in [0.1, 0.15) is 10.4 Å². The summed E-state index contributed by atoms with van der Waals surface area (Å²) in [4.78, 5) is 13.9. The largest absolute Gasteiger partial charge is 0.378 e. The third-order valence-electron chi connectivity index (χ3n) is 3.49. The maximum absolute atomic E-state index is 14.0. The first-order valence-corrected chi connectivity index (χ1v) is 6.54.